The molecule has 0 radical (unpaired) electrons. The SMILES string of the molecule is C=C1C(=O)C2[C@H](C(=O)O)[C@H]2[C@]1(NC(=O)OC(C)(C)C)C(=O)O. The summed E-state index contributed by atoms with van der Waals surface area (Å²) in [5, 5.41) is 20.8. The zero-order chi connectivity index (χ0) is 17.0. The second kappa shape index (κ2) is 4.56. The average Bonchev–Trinajstić information content (AvgIpc) is 3.02. The highest BCUT2D eigenvalue weighted by Gasteiger charge is 2.78. The second-order valence-corrected chi connectivity index (χ2v) is 6.50. The molecule has 2 saturated carbocycles. The van der Waals surface area contributed by atoms with E-state index >= 15 is 0 Å². The number of rotatable bonds is 3. The minimum Gasteiger partial charge on any atom is -0.481 e. The maximum absolute atomic E-state index is 12.0. The Morgan fingerprint density at radius 3 is 2.23 bits per heavy atom. The van der Waals surface area contributed by atoms with Crippen LogP contribution in [0.25, 0.3) is 0 Å². The van der Waals surface area contributed by atoms with E-state index in [1.165, 1.54) is 0 Å². The third kappa shape index (κ3) is 2.15. The molecule has 1 amide bonds. The van der Waals surface area contributed by atoms with Gasteiger partial charge in [0.05, 0.1) is 5.92 Å². The summed E-state index contributed by atoms with van der Waals surface area (Å²) in [5.74, 6) is -6.58. The number of amides is 1. The van der Waals surface area contributed by atoms with E-state index in [2.05, 4.69) is 11.9 Å². The van der Waals surface area contributed by atoms with Gasteiger partial charge in [-0.15, -0.1) is 0 Å². The summed E-state index contributed by atoms with van der Waals surface area (Å²) in [4.78, 5) is 46.8. The summed E-state index contributed by atoms with van der Waals surface area (Å²) < 4.78 is 5.01. The molecule has 2 fully saturated rings. The molecular formula is C14H17NO7. The fourth-order valence-electron chi connectivity index (χ4n) is 3.03. The molecule has 2 rings (SSSR count). The van der Waals surface area contributed by atoms with Crippen molar-refractivity contribution >= 4 is 23.8 Å². The first-order valence-electron chi connectivity index (χ1n) is 6.64. The highest BCUT2D eigenvalue weighted by molar-refractivity contribution is 6.15. The Hall–Kier alpha value is -2.38. The van der Waals surface area contributed by atoms with Crippen LogP contribution in [0.2, 0.25) is 0 Å². The zero-order valence-corrected chi connectivity index (χ0v) is 12.4. The van der Waals surface area contributed by atoms with Crippen molar-refractivity contribution < 1.29 is 34.1 Å². The number of hydrogen-bond acceptors (Lipinski definition) is 5. The van der Waals surface area contributed by atoms with Crippen LogP contribution in [0.1, 0.15) is 20.8 Å². The molecule has 0 heterocycles. The van der Waals surface area contributed by atoms with Crippen LogP contribution in [0.15, 0.2) is 12.2 Å². The predicted molar refractivity (Wildman–Crippen MR) is 72.0 cm³/mol. The Bertz CT molecular complexity index is 603. The van der Waals surface area contributed by atoms with Gasteiger partial charge in [0.2, 0.25) is 0 Å². The van der Waals surface area contributed by atoms with E-state index in [4.69, 9.17) is 9.84 Å². The number of Topliss-reactive ketones (excluding diaryl/α,β-unsaturated/α-hetero) is 1. The topological polar surface area (TPSA) is 130 Å². The van der Waals surface area contributed by atoms with Gasteiger partial charge in [-0.3, -0.25) is 9.59 Å². The van der Waals surface area contributed by atoms with Gasteiger partial charge in [-0.05, 0) is 20.8 Å². The number of ether oxygens (including phenoxy) is 1. The van der Waals surface area contributed by atoms with E-state index in [0.29, 0.717) is 0 Å². The van der Waals surface area contributed by atoms with Crippen LogP contribution in [0.3, 0.4) is 0 Å². The maximum Gasteiger partial charge on any atom is 0.408 e. The lowest BCUT2D eigenvalue weighted by Gasteiger charge is -2.30. The van der Waals surface area contributed by atoms with E-state index < -0.39 is 52.7 Å². The fourth-order valence-corrected chi connectivity index (χ4v) is 3.03. The van der Waals surface area contributed by atoms with Crippen molar-refractivity contribution in [1.29, 1.82) is 0 Å². The molecule has 0 aliphatic heterocycles. The first-order chi connectivity index (χ1) is 9.93. The Kier molecular flexibility index (Phi) is 3.31. The number of aliphatic carboxylic acids is 2. The summed E-state index contributed by atoms with van der Waals surface area (Å²) in [6.07, 6.45) is -1.04. The van der Waals surface area contributed by atoms with Gasteiger partial charge in [-0.2, -0.15) is 0 Å². The van der Waals surface area contributed by atoms with Crippen molar-refractivity contribution in [3.8, 4) is 0 Å². The lowest BCUT2D eigenvalue weighted by atomic mass is 9.86. The molecule has 22 heavy (non-hydrogen) atoms. The molecule has 8 nitrogen and oxygen atoms in total. The molecule has 2 aliphatic carbocycles. The lowest BCUT2D eigenvalue weighted by molar-refractivity contribution is -0.145. The van der Waals surface area contributed by atoms with E-state index in [-0.39, 0.29) is 5.57 Å². The van der Waals surface area contributed by atoms with Crippen LogP contribution in [0, 0.1) is 17.8 Å². The fraction of sp³-hybridized carbons (Fsp3) is 0.571. The zero-order valence-electron chi connectivity index (χ0n) is 12.4. The van der Waals surface area contributed by atoms with Crippen LogP contribution in [0.4, 0.5) is 4.79 Å². The number of carbonyl (C=O) groups excluding carboxylic acids is 2. The van der Waals surface area contributed by atoms with E-state index in [0.717, 1.165) is 0 Å². The highest BCUT2D eigenvalue weighted by atomic mass is 16.6. The number of hydrogen-bond donors (Lipinski definition) is 3. The molecule has 3 N–H and O–H groups in total. The molecular weight excluding hydrogens is 294 g/mol. The van der Waals surface area contributed by atoms with E-state index in [9.17, 15) is 24.3 Å². The number of nitrogens with one attached hydrogen (secondary N) is 1. The minimum atomic E-state index is -2.13. The number of carbonyl (C=O) groups is 4. The second-order valence-electron chi connectivity index (χ2n) is 6.50. The molecule has 0 bridgehead atoms. The summed E-state index contributed by atoms with van der Waals surface area (Å²) in [6, 6.07) is 0. The Labute approximate surface area is 126 Å². The summed E-state index contributed by atoms with van der Waals surface area (Å²) in [6.45, 7) is 8.22. The Morgan fingerprint density at radius 2 is 1.82 bits per heavy atom. The summed E-state index contributed by atoms with van der Waals surface area (Å²) in [5.41, 5.74) is -3.32. The van der Waals surface area contributed by atoms with Crippen molar-refractivity contribution in [1.82, 2.24) is 5.32 Å². The molecule has 0 aromatic rings. The van der Waals surface area contributed by atoms with Gasteiger partial charge in [0, 0.05) is 17.4 Å². The highest BCUT2D eigenvalue weighted by Crippen LogP contribution is 2.62. The molecule has 1 unspecified atom stereocenters. The van der Waals surface area contributed by atoms with Gasteiger partial charge in [-0.1, -0.05) is 6.58 Å². The normalized spacial score (nSPS) is 33.1. The maximum atomic E-state index is 12.0. The summed E-state index contributed by atoms with van der Waals surface area (Å²) >= 11 is 0. The van der Waals surface area contributed by atoms with Crippen molar-refractivity contribution in [2.45, 2.75) is 31.9 Å². The average molecular weight is 311 g/mol. The quantitative estimate of drug-likeness (QED) is 0.644. The van der Waals surface area contributed by atoms with Crippen LogP contribution in [0.5, 0.6) is 0 Å². The summed E-state index contributed by atoms with van der Waals surface area (Å²) in [7, 11) is 0. The van der Waals surface area contributed by atoms with Crippen LogP contribution >= 0.6 is 0 Å². The van der Waals surface area contributed by atoms with Crippen molar-refractivity contribution in [2.24, 2.45) is 17.8 Å². The number of alkyl carbamates (subject to hydrolysis) is 1. The van der Waals surface area contributed by atoms with Crippen LogP contribution in [-0.2, 0) is 19.1 Å². The van der Waals surface area contributed by atoms with E-state index in [1.807, 2.05) is 0 Å². The first kappa shape index (κ1) is 16.0. The molecule has 0 aromatic heterocycles. The van der Waals surface area contributed by atoms with Gasteiger partial charge in [-0.25, -0.2) is 9.59 Å². The van der Waals surface area contributed by atoms with Gasteiger partial charge in [0.25, 0.3) is 0 Å². The molecule has 0 aromatic carbocycles. The Balaban J connectivity index is 2.35. The van der Waals surface area contributed by atoms with Crippen molar-refractivity contribution in [2.75, 3.05) is 0 Å². The van der Waals surface area contributed by atoms with Gasteiger partial charge >= 0.3 is 18.0 Å². The van der Waals surface area contributed by atoms with Gasteiger partial charge in [0.1, 0.15) is 5.60 Å². The van der Waals surface area contributed by atoms with Crippen LogP contribution in [-0.4, -0.2) is 45.2 Å². The molecule has 120 valence electrons. The molecule has 4 atom stereocenters. The van der Waals surface area contributed by atoms with Crippen molar-refractivity contribution in [3.63, 3.8) is 0 Å². The van der Waals surface area contributed by atoms with Gasteiger partial charge < -0.3 is 20.3 Å². The standard InChI is InChI=1S/C14H17NO7/c1-5-9(16)6-7(10(17)18)8(6)14(5,11(19)20)15-12(21)22-13(2,3)4/h6-8H,1H2,2-4H3,(H,15,21)(H,17,18)(H,19,20)/t6?,7-,8-,14-/m0/s1. The van der Waals surface area contributed by atoms with Gasteiger partial charge in [0.15, 0.2) is 11.3 Å². The minimum absolute atomic E-state index is 0.321. The van der Waals surface area contributed by atoms with Crippen LogP contribution < -0.4 is 5.32 Å². The number of ketones is 1. The van der Waals surface area contributed by atoms with E-state index in [1.54, 1.807) is 20.8 Å². The Morgan fingerprint density at radius 1 is 1.27 bits per heavy atom. The molecule has 0 spiro atoms. The van der Waals surface area contributed by atoms with Crippen molar-refractivity contribution in [3.05, 3.63) is 12.2 Å². The third-order valence-corrected chi connectivity index (χ3v) is 3.92. The molecule has 2 aliphatic rings. The lowest BCUT2D eigenvalue weighted by Crippen LogP contribution is -2.58. The monoisotopic (exact) mass is 311 g/mol. The third-order valence-electron chi connectivity index (χ3n) is 3.92. The smallest absolute Gasteiger partial charge is 0.408 e. The number of fused-ring (bicyclic) bond motifs is 1. The predicted octanol–water partition coefficient (Wildman–Crippen LogP) is 0.420. The largest absolute Gasteiger partial charge is 0.481 e. The molecule has 8 heteroatoms. The number of carboxylic acids is 2. The number of carboxylic acid groups (broad SMARTS) is 2. The molecule has 0 saturated heterocycles. The first-order valence-corrected chi connectivity index (χ1v) is 6.64.